The predicted octanol–water partition coefficient (Wildman–Crippen LogP) is 5.07. The predicted molar refractivity (Wildman–Crippen MR) is 127 cm³/mol. The van der Waals surface area contributed by atoms with Crippen LogP contribution in [0.5, 0.6) is 5.75 Å². The number of hydrogen-bond acceptors (Lipinski definition) is 5. The first-order chi connectivity index (χ1) is 16.9. The largest absolute Gasteiger partial charge is 0.495 e. The van der Waals surface area contributed by atoms with Crippen LogP contribution in [0, 0.1) is 18.6 Å². The lowest BCUT2D eigenvalue weighted by Crippen LogP contribution is -2.18. The highest BCUT2D eigenvalue weighted by Crippen LogP contribution is 2.38. The Morgan fingerprint density at radius 1 is 1.06 bits per heavy atom. The van der Waals surface area contributed by atoms with E-state index in [2.05, 4.69) is 15.2 Å². The van der Waals surface area contributed by atoms with Crippen LogP contribution >= 0.6 is 11.6 Å². The fourth-order valence-corrected chi connectivity index (χ4v) is 4.38. The van der Waals surface area contributed by atoms with Crippen LogP contribution in [0.15, 0.2) is 61.2 Å². The van der Waals surface area contributed by atoms with E-state index >= 15 is 0 Å². The standard InChI is InChI=1S/C25H20ClF2N5O2/c1-14-10-32(13-29-14)21-4-3-15(7-23(21)35-2)24-20-8-17(26)11-33(25(20)31-30-24)22(12-34)16-5-18(27)9-19(28)6-16/h3-11,13,22,34H,12H2,1-2H3/t22-/m1/s1. The highest BCUT2D eigenvalue weighted by molar-refractivity contribution is 6.30. The molecule has 0 fully saturated rings. The lowest BCUT2D eigenvalue weighted by Gasteiger charge is -2.22. The molecule has 7 nitrogen and oxygen atoms in total. The van der Waals surface area contributed by atoms with Gasteiger partial charge in [0.25, 0.3) is 0 Å². The minimum atomic E-state index is -0.827. The third-order valence-corrected chi connectivity index (χ3v) is 5.96. The second-order valence-electron chi connectivity index (χ2n) is 8.06. The van der Waals surface area contributed by atoms with E-state index in [1.54, 1.807) is 30.3 Å². The van der Waals surface area contributed by atoms with Crippen molar-refractivity contribution in [2.24, 2.45) is 0 Å². The molecule has 0 saturated carbocycles. The van der Waals surface area contributed by atoms with Crippen LogP contribution in [0.3, 0.4) is 0 Å². The SMILES string of the molecule is COc1cc(-c2nnc3n([C@H](CO)c4cc(F)cc(F)c4)cc(Cl)cc2-3)ccc1-n1cnc(C)c1. The second-order valence-corrected chi connectivity index (χ2v) is 8.50. The number of nitrogens with zero attached hydrogens (tertiary/aromatic N) is 5. The topological polar surface area (TPSA) is 78.0 Å². The minimum absolute atomic E-state index is 0.241. The summed E-state index contributed by atoms with van der Waals surface area (Å²) >= 11 is 6.42. The third-order valence-electron chi connectivity index (χ3n) is 5.75. The maximum Gasteiger partial charge on any atom is 0.165 e. The van der Waals surface area contributed by atoms with E-state index in [1.807, 2.05) is 35.9 Å². The lowest BCUT2D eigenvalue weighted by atomic mass is 10.0. The first kappa shape index (κ1) is 22.9. The van der Waals surface area contributed by atoms with Crippen molar-refractivity contribution < 1.29 is 18.6 Å². The number of hydrogen-bond donors (Lipinski definition) is 1. The van der Waals surface area contributed by atoms with Gasteiger partial charge in [0, 0.05) is 29.6 Å². The van der Waals surface area contributed by atoms with Crippen LogP contribution in [0.1, 0.15) is 17.3 Å². The maximum atomic E-state index is 13.9. The quantitative estimate of drug-likeness (QED) is 0.356. The number of ether oxygens (including phenoxy) is 1. The molecule has 10 heteroatoms. The molecule has 2 aliphatic heterocycles. The number of fused-ring (bicyclic) bond motifs is 1. The van der Waals surface area contributed by atoms with E-state index in [9.17, 15) is 13.9 Å². The van der Waals surface area contributed by atoms with Crippen LogP contribution in [-0.4, -0.2) is 43.1 Å². The number of aliphatic hydroxyl groups excluding tert-OH is 1. The molecule has 1 atom stereocenters. The second kappa shape index (κ2) is 9.09. The minimum Gasteiger partial charge on any atom is -0.495 e. The maximum absolute atomic E-state index is 13.9. The number of benzene rings is 2. The number of aliphatic hydroxyl groups is 1. The highest BCUT2D eigenvalue weighted by atomic mass is 35.5. The molecule has 3 heterocycles. The molecular formula is C25H20ClF2N5O2. The van der Waals surface area contributed by atoms with Gasteiger partial charge in [-0.05, 0) is 42.8 Å². The number of aryl methyl sites for hydroxylation is 1. The Balaban J connectivity index is 1.59. The monoisotopic (exact) mass is 495 g/mol. The van der Waals surface area contributed by atoms with Crippen LogP contribution in [0.2, 0.25) is 5.02 Å². The van der Waals surface area contributed by atoms with Gasteiger partial charge in [-0.2, -0.15) is 0 Å². The van der Waals surface area contributed by atoms with E-state index in [0.717, 1.165) is 23.0 Å². The van der Waals surface area contributed by atoms with Crippen molar-refractivity contribution in [2.75, 3.05) is 13.7 Å². The molecule has 0 amide bonds. The van der Waals surface area contributed by atoms with E-state index < -0.39 is 24.3 Å². The summed E-state index contributed by atoms with van der Waals surface area (Å²) in [6.07, 6.45) is 5.15. The molecule has 0 spiro atoms. The van der Waals surface area contributed by atoms with Gasteiger partial charge in [-0.3, -0.25) is 0 Å². The van der Waals surface area contributed by atoms with E-state index in [-0.39, 0.29) is 5.56 Å². The number of rotatable bonds is 6. The Morgan fingerprint density at radius 3 is 2.49 bits per heavy atom. The molecule has 3 aromatic rings. The molecule has 1 aromatic heterocycles. The van der Waals surface area contributed by atoms with Crippen molar-refractivity contribution in [3.8, 4) is 34.1 Å². The number of imidazole rings is 1. The van der Waals surface area contributed by atoms with Crippen LogP contribution < -0.4 is 4.74 Å². The smallest absolute Gasteiger partial charge is 0.165 e. The first-order valence-electron chi connectivity index (χ1n) is 10.7. The fourth-order valence-electron chi connectivity index (χ4n) is 4.17. The van der Waals surface area contributed by atoms with Gasteiger partial charge in [0.1, 0.15) is 23.1 Å². The summed E-state index contributed by atoms with van der Waals surface area (Å²) in [6, 6.07) is 9.61. The van der Waals surface area contributed by atoms with Crippen LogP contribution in [0.4, 0.5) is 8.78 Å². The molecule has 0 bridgehead atoms. The van der Waals surface area contributed by atoms with E-state index in [1.165, 1.54) is 12.1 Å². The Morgan fingerprint density at radius 2 is 1.83 bits per heavy atom. The van der Waals surface area contributed by atoms with Crippen molar-refractivity contribution in [3.05, 3.63) is 89.1 Å². The summed E-state index contributed by atoms with van der Waals surface area (Å²) in [7, 11) is 1.58. The fraction of sp³-hybridized carbons (Fsp3) is 0.160. The Hall–Kier alpha value is -3.82. The van der Waals surface area contributed by atoms with Crippen LogP contribution in [-0.2, 0) is 0 Å². The molecule has 0 saturated heterocycles. The zero-order valence-corrected chi connectivity index (χ0v) is 19.5. The third kappa shape index (κ3) is 4.24. The van der Waals surface area contributed by atoms with Gasteiger partial charge >= 0.3 is 0 Å². The van der Waals surface area contributed by atoms with E-state index in [4.69, 9.17) is 16.3 Å². The highest BCUT2D eigenvalue weighted by Gasteiger charge is 2.25. The number of halogens is 3. The van der Waals surface area contributed by atoms with E-state index in [0.29, 0.717) is 27.9 Å². The summed E-state index contributed by atoms with van der Waals surface area (Å²) in [4.78, 5) is 4.26. The zero-order valence-electron chi connectivity index (χ0n) is 18.8. The van der Waals surface area contributed by atoms with Gasteiger partial charge in [-0.25, -0.2) is 13.8 Å². The van der Waals surface area contributed by atoms with Gasteiger partial charge in [-0.1, -0.05) is 17.7 Å². The van der Waals surface area contributed by atoms with Crippen LogP contribution in [0.25, 0.3) is 28.3 Å². The summed E-state index contributed by atoms with van der Waals surface area (Å²) in [6.45, 7) is 1.47. The van der Waals surface area contributed by atoms with Gasteiger partial charge in [0.2, 0.25) is 0 Å². The van der Waals surface area contributed by atoms with Gasteiger partial charge in [-0.15, -0.1) is 10.2 Å². The first-order valence-corrected chi connectivity index (χ1v) is 11.1. The molecule has 0 aliphatic carbocycles. The van der Waals surface area contributed by atoms with Gasteiger partial charge in [0.05, 0.1) is 42.5 Å². The zero-order chi connectivity index (χ0) is 24.7. The van der Waals surface area contributed by atoms with Crippen molar-refractivity contribution in [3.63, 3.8) is 0 Å². The Labute approximate surface area is 204 Å². The van der Waals surface area contributed by atoms with Gasteiger partial charge < -0.3 is 19.0 Å². The normalized spacial score (nSPS) is 12.3. The molecule has 178 valence electrons. The van der Waals surface area contributed by atoms with Gasteiger partial charge in [0.15, 0.2) is 5.82 Å². The summed E-state index contributed by atoms with van der Waals surface area (Å²) < 4.78 is 36.8. The number of methoxy groups -OCH3 is 1. The van der Waals surface area contributed by atoms with Crippen molar-refractivity contribution in [2.45, 2.75) is 13.0 Å². The molecule has 35 heavy (non-hydrogen) atoms. The molecule has 5 rings (SSSR count). The van der Waals surface area contributed by atoms with Crippen molar-refractivity contribution in [1.82, 2.24) is 24.3 Å². The summed E-state index contributed by atoms with van der Waals surface area (Å²) in [5.74, 6) is -0.477. The number of pyridine rings is 1. The lowest BCUT2D eigenvalue weighted by molar-refractivity contribution is 0.249. The molecule has 0 radical (unpaired) electrons. The molecule has 1 N–H and O–H groups in total. The Bertz CT molecular complexity index is 1480. The Kier molecular flexibility index (Phi) is 5.96. The molecule has 0 unspecified atom stereocenters. The average molecular weight is 496 g/mol. The average Bonchev–Trinajstić information content (AvgIpc) is 3.44. The summed E-state index contributed by atoms with van der Waals surface area (Å²) in [5, 5.41) is 19.1. The number of aromatic nitrogens is 5. The molecule has 2 aromatic carbocycles. The van der Waals surface area contributed by atoms with Crippen molar-refractivity contribution >= 4 is 11.6 Å². The molecular weight excluding hydrogens is 476 g/mol. The summed E-state index contributed by atoms with van der Waals surface area (Å²) in [5.41, 5.74) is 3.81. The van der Waals surface area contributed by atoms with Crippen molar-refractivity contribution in [1.29, 1.82) is 0 Å². The molecule has 2 aliphatic rings.